The first kappa shape index (κ1) is 20.7. The van der Waals surface area contributed by atoms with Crippen LogP contribution in [0.15, 0.2) is 29.4 Å². The third-order valence-electron chi connectivity index (χ3n) is 5.05. The Morgan fingerprint density at radius 2 is 1.82 bits per heavy atom. The van der Waals surface area contributed by atoms with Crippen molar-refractivity contribution in [2.45, 2.75) is 57.1 Å². The second kappa shape index (κ2) is 9.47. The Hall–Kier alpha value is -1.99. The highest BCUT2D eigenvalue weighted by molar-refractivity contribution is 7.99. The van der Waals surface area contributed by atoms with Crippen LogP contribution in [0.5, 0.6) is 0 Å². The van der Waals surface area contributed by atoms with Gasteiger partial charge in [-0.05, 0) is 51.0 Å². The lowest BCUT2D eigenvalue weighted by molar-refractivity contribution is -0.119. The van der Waals surface area contributed by atoms with Gasteiger partial charge in [-0.25, -0.2) is 4.98 Å². The smallest absolute Gasteiger partial charge is 0.269 e. The molecule has 0 spiro atoms. The van der Waals surface area contributed by atoms with Crippen LogP contribution in [0, 0.1) is 13.8 Å². The molecule has 28 heavy (non-hydrogen) atoms. The highest BCUT2D eigenvalue weighted by Gasteiger charge is 2.22. The van der Waals surface area contributed by atoms with Crippen LogP contribution in [-0.2, 0) is 4.79 Å². The number of aromatic nitrogens is 2. The first-order valence-electron chi connectivity index (χ1n) is 9.48. The molecule has 0 atom stereocenters. The molecule has 2 amide bonds. The Bertz CT molecular complexity index is 845. The predicted octanol–water partition coefficient (Wildman–Crippen LogP) is 4.21. The molecule has 1 aliphatic carbocycles. The summed E-state index contributed by atoms with van der Waals surface area (Å²) in [5, 5.41) is 1.43. The molecule has 1 heterocycles. The largest absolute Gasteiger partial charge is 0.320 e. The molecule has 8 heteroatoms. The zero-order valence-electron chi connectivity index (χ0n) is 16.1. The van der Waals surface area contributed by atoms with E-state index in [1.54, 1.807) is 24.3 Å². The molecule has 1 aromatic carbocycles. The van der Waals surface area contributed by atoms with Crippen molar-refractivity contribution in [3.05, 3.63) is 46.2 Å². The fraction of sp³-hybridized carbons (Fsp3) is 0.450. The van der Waals surface area contributed by atoms with Crippen molar-refractivity contribution in [2.75, 3.05) is 5.75 Å². The number of hydrazine groups is 1. The monoisotopic (exact) mass is 420 g/mol. The average Bonchev–Trinajstić information content (AvgIpc) is 2.99. The summed E-state index contributed by atoms with van der Waals surface area (Å²) in [6.07, 6.45) is 6.09. The molecule has 0 aliphatic heterocycles. The maximum atomic E-state index is 12.2. The lowest BCUT2D eigenvalue weighted by Gasteiger charge is -2.26. The van der Waals surface area contributed by atoms with Crippen LogP contribution in [0.2, 0.25) is 5.02 Å². The van der Waals surface area contributed by atoms with Gasteiger partial charge in [0, 0.05) is 22.3 Å². The fourth-order valence-corrected chi connectivity index (χ4v) is 4.52. The van der Waals surface area contributed by atoms with E-state index >= 15 is 0 Å². The number of aryl methyl sites for hydroxylation is 1. The van der Waals surface area contributed by atoms with Gasteiger partial charge < -0.3 is 4.57 Å². The Kier molecular flexibility index (Phi) is 7.02. The number of halogens is 1. The molecule has 1 aromatic heterocycles. The highest BCUT2D eigenvalue weighted by Crippen LogP contribution is 2.34. The maximum absolute atomic E-state index is 12.2. The van der Waals surface area contributed by atoms with Gasteiger partial charge in [0.05, 0.1) is 11.4 Å². The lowest BCUT2D eigenvalue weighted by atomic mass is 9.95. The van der Waals surface area contributed by atoms with E-state index in [1.807, 2.05) is 6.92 Å². The molecule has 0 bridgehead atoms. The van der Waals surface area contributed by atoms with Gasteiger partial charge in [0.1, 0.15) is 0 Å². The van der Waals surface area contributed by atoms with E-state index in [1.165, 1.54) is 36.7 Å². The number of nitrogens with zero attached hydrogens (tertiary/aromatic N) is 2. The number of benzene rings is 1. The first-order valence-corrected chi connectivity index (χ1v) is 10.8. The molecule has 1 saturated carbocycles. The standard InChI is InChI=1S/C20H25ClN4O2S/c1-13-14(2)25(17-6-4-3-5-7-17)20(22-13)28-12-18(26)23-24-19(27)15-8-10-16(21)11-9-15/h8-11,17H,3-7,12H2,1-2H3,(H,23,26)(H,24,27). The van der Waals surface area contributed by atoms with Crippen molar-refractivity contribution in [2.24, 2.45) is 0 Å². The average molecular weight is 421 g/mol. The molecule has 2 N–H and O–H groups in total. The van der Waals surface area contributed by atoms with E-state index in [-0.39, 0.29) is 17.6 Å². The molecule has 150 valence electrons. The van der Waals surface area contributed by atoms with Gasteiger partial charge in [-0.2, -0.15) is 0 Å². The van der Waals surface area contributed by atoms with Crippen LogP contribution < -0.4 is 10.9 Å². The number of carbonyl (C=O) groups is 2. The summed E-state index contributed by atoms with van der Waals surface area (Å²) in [7, 11) is 0. The number of hydrogen-bond donors (Lipinski definition) is 2. The van der Waals surface area contributed by atoms with Crippen LogP contribution in [-0.4, -0.2) is 27.1 Å². The van der Waals surface area contributed by atoms with E-state index in [9.17, 15) is 9.59 Å². The molecule has 1 aliphatic rings. The highest BCUT2D eigenvalue weighted by atomic mass is 35.5. The zero-order valence-corrected chi connectivity index (χ0v) is 17.7. The Balaban J connectivity index is 1.55. The topological polar surface area (TPSA) is 76.0 Å². The quantitative estimate of drug-likeness (QED) is 0.561. The summed E-state index contributed by atoms with van der Waals surface area (Å²) in [6.45, 7) is 4.10. The van der Waals surface area contributed by atoms with Gasteiger partial charge in [0.2, 0.25) is 5.91 Å². The van der Waals surface area contributed by atoms with E-state index in [0.717, 1.165) is 23.7 Å². The number of imidazole rings is 1. The normalized spacial score (nSPS) is 14.7. The van der Waals surface area contributed by atoms with Gasteiger partial charge in [-0.15, -0.1) is 0 Å². The van der Waals surface area contributed by atoms with Gasteiger partial charge in [-0.1, -0.05) is 42.6 Å². The Morgan fingerprint density at radius 1 is 1.14 bits per heavy atom. The van der Waals surface area contributed by atoms with Gasteiger partial charge >= 0.3 is 0 Å². The minimum atomic E-state index is -0.384. The van der Waals surface area contributed by atoms with Crippen LogP contribution in [0.3, 0.4) is 0 Å². The summed E-state index contributed by atoms with van der Waals surface area (Å²) >= 11 is 7.22. The van der Waals surface area contributed by atoms with Gasteiger partial charge in [0.15, 0.2) is 5.16 Å². The lowest BCUT2D eigenvalue weighted by Crippen LogP contribution is -2.42. The molecule has 0 saturated heterocycles. The van der Waals surface area contributed by atoms with Crippen LogP contribution in [0.25, 0.3) is 0 Å². The van der Waals surface area contributed by atoms with Crippen LogP contribution >= 0.6 is 23.4 Å². The number of thioether (sulfide) groups is 1. The second-order valence-corrected chi connectivity index (χ2v) is 8.40. The van der Waals surface area contributed by atoms with Crippen molar-refractivity contribution in [3.8, 4) is 0 Å². The minimum absolute atomic E-state index is 0.184. The SMILES string of the molecule is Cc1nc(SCC(=O)NNC(=O)c2ccc(Cl)cc2)n(C2CCCCC2)c1C. The third kappa shape index (κ3) is 5.08. The van der Waals surface area contributed by atoms with E-state index in [2.05, 4.69) is 27.3 Å². The van der Waals surface area contributed by atoms with Crippen molar-refractivity contribution >= 4 is 35.2 Å². The number of carbonyl (C=O) groups excluding carboxylic acids is 2. The van der Waals surface area contributed by atoms with Crippen molar-refractivity contribution in [3.63, 3.8) is 0 Å². The molecule has 2 aromatic rings. The van der Waals surface area contributed by atoms with E-state index in [0.29, 0.717) is 16.6 Å². The molecule has 0 radical (unpaired) electrons. The summed E-state index contributed by atoms with van der Waals surface area (Å²) in [6, 6.07) is 6.93. The zero-order chi connectivity index (χ0) is 20.1. The number of rotatable bonds is 5. The minimum Gasteiger partial charge on any atom is -0.320 e. The number of nitrogens with one attached hydrogen (secondary N) is 2. The summed E-state index contributed by atoms with van der Waals surface area (Å²) in [5.41, 5.74) is 7.49. The van der Waals surface area contributed by atoms with E-state index in [4.69, 9.17) is 11.6 Å². The Labute approximate surface area is 174 Å². The van der Waals surface area contributed by atoms with E-state index < -0.39 is 0 Å². The van der Waals surface area contributed by atoms with Gasteiger partial charge in [0.25, 0.3) is 5.91 Å². The van der Waals surface area contributed by atoms with Crippen LogP contribution in [0.4, 0.5) is 0 Å². The summed E-state index contributed by atoms with van der Waals surface area (Å²) in [4.78, 5) is 28.9. The third-order valence-corrected chi connectivity index (χ3v) is 6.25. The molecule has 0 unspecified atom stereocenters. The maximum Gasteiger partial charge on any atom is 0.269 e. The number of hydrogen-bond acceptors (Lipinski definition) is 4. The van der Waals surface area contributed by atoms with Crippen molar-refractivity contribution in [1.29, 1.82) is 0 Å². The molecule has 3 rings (SSSR count). The fourth-order valence-electron chi connectivity index (χ4n) is 3.43. The van der Waals surface area contributed by atoms with Gasteiger partial charge in [-0.3, -0.25) is 20.4 Å². The number of amides is 2. The van der Waals surface area contributed by atoms with Crippen molar-refractivity contribution < 1.29 is 9.59 Å². The molecular weight excluding hydrogens is 396 g/mol. The van der Waals surface area contributed by atoms with Crippen LogP contribution in [0.1, 0.15) is 59.9 Å². The Morgan fingerprint density at radius 3 is 2.50 bits per heavy atom. The van der Waals surface area contributed by atoms with Crippen molar-refractivity contribution in [1.82, 2.24) is 20.4 Å². The summed E-state index contributed by atoms with van der Waals surface area (Å²) in [5.74, 6) is -0.477. The predicted molar refractivity (Wildman–Crippen MR) is 112 cm³/mol. The summed E-state index contributed by atoms with van der Waals surface area (Å²) < 4.78 is 2.29. The first-order chi connectivity index (χ1) is 13.5. The molecular formula is C20H25ClN4O2S. The molecule has 1 fully saturated rings. The second-order valence-electron chi connectivity index (χ2n) is 7.02. The molecule has 6 nitrogen and oxygen atoms in total.